The summed E-state index contributed by atoms with van der Waals surface area (Å²) in [5.74, 6) is 2.30. The minimum atomic E-state index is -0.000902. The Morgan fingerprint density at radius 1 is 0.893 bits per heavy atom. The van der Waals surface area contributed by atoms with E-state index in [1.807, 2.05) is 36.4 Å². The molecule has 0 aliphatic carbocycles. The Morgan fingerprint density at radius 3 is 2.39 bits per heavy atom. The number of methoxy groups -OCH3 is 2. The number of rotatable bonds is 6. The van der Waals surface area contributed by atoms with E-state index in [0.717, 1.165) is 5.69 Å². The summed E-state index contributed by atoms with van der Waals surface area (Å²) in [6.45, 7) is 6.52. The van der Waals surface area contributed by atoms with Gasteiger partial charge in [0.15, 0.2) is 5.82 Å². The Hall–Kier alpha value is -3.35. The third kappa shape index (κ3) is 4.49. The molecule has 0 amide bonds. The molecule has 0 aliphatic heterocycles. The minimum absolute atomic E-state index is 0.000902. The minimum Gasteiger partial charge on any atom is -0.497 e. The van der Waals surface area contributed by atoms with E-state index in [1.54, 1.807) is 20.4 Å². The van der Waals surface area contributed by atoms with Gasteiger partial charge in [0.05, 0.1) is 26.1 Å². The van der Waals surface area contributed by atoms with Gasteiger partial charge in [-0.15, -0.1) is 5.10 Å². The fraction of sp³-hybridized carbons (Fsp3) is 0.286. The van der Waals surface area contributed by atoms with Crippen LogP contribution in [0.3, 0.4) is 0 Å². The van der Waals surface area contributed by atoms with Crippen LogP contribution in [0.25, 0.3) is 0 Å². The first-order valence-electron chi connectivity index (χ1n) is 8.96. The first-order valence-corrected chi connectivity index (χ1v) is 8.96. The number of hydrogen-bond donors (Lipinski definition) is 2. The third-order valence-electron chi connectivity index (χ3n) is 4.21. The van der Waals surface area contributed by atoms with Crippen LogP contribution < -0.4 is 20.1 Å². The summed E-state index contributed by atoms with van der Waals surface area (Å²) in [6.07, 6.45) is 1.59. The molecule has 28 heavy (non-hydrogen) atoms. The van der Waals surface area contributed by atoms with Crippen LogP contribution in [0.1, 0.15) is 26.3 Å². The topological polar surface area (TPSA) is 81.2 Å². The Bertz CT molecular complexity index is 954. The van der Waals surface area contributed by atoms with Crippen molar-refractivity contribution in [3.63, 3.8) is 0 Å². The van der Waals surface area contributed by atoms with Crippen LogP contribution in [0.2, 0.25) is 0 Å². The highest BCUT2D eigenvalue weighted by Crippen LogP contribution is 2.32. The molecule has 2 aromatic carbocycles. The van der Waals surface area contributed by atoms with Crippen LogP contribution in [0.4, 0.5) is 23.1 Å². The van der Waals surface area contributed by atoms with Gasteiger partial charge in [-0.1, -0.05) is 39.0 Å². The lowest BCUT2D eigenvalue weighted by Crippen LogP contribution is -2.14. The van der Waals surface area contributed by atoms with Gasteiger partial charge in [-0.25, -0.2) is 0 Å². The average Bonchev–Trinajstić information content (AvgIpc) is 2.68. The van der Waals surface area contributed by atoms with Crippen molar-refractivity contribution in [2.45, 2.75) is 26.2 Å². The summed E-state index contributed by atoms with van der Waals surface area (Å²) in [5.41, 5.74) is 2.87. The van der Waals surface area contributed by atoms with Gasteiger partial charge in [0.1, 0.15) is 11.5 Å². The Kier molecular flexibility index (Phi) is 5.63. The van der Waals surface area contributed by atoms with Crippen molar-refractivity contribution in [1.82, 2.24) is 15.2 Å². The maximum Gasteiger partial charge on any atom is 0.249 e. The monoisotopic (exact) mass is 379 g/mol. The van der Waals surface area contributed by atoms with E-state index in [9.17, 15) is 0 Å². The van der Waals surface area contributed by atoms with Crippen LogP contribution in [0, 0.1) is 0 Å². The largest absolute Gasteiger partial charge is 0.497 e. The van der Waals surface area contributed by atoms with E-state index in [2.05, 4.69) is 52.7 Å². The van der Waals surface area contributed by atoms with Crippen molar-refractivity contribution < 1.29 is 9.47 Å². The lowest BCUT2D eigenvalue weighted by atomic mass is 9.86. The number of para-hydroxylation sites is 1. The van der Waals surface area contributed by atoms with E-state index in [-0.39, 0.29) is 5.41 Å². The summed E-state index contributed by atoms with van der Waals surface area (Å²) in [7, 11) is 3.22. The van der Waals surface area contributed by atoms with Gasteiger partial charge in [-0.3, -0.25) is 0 Å². The molecule has 0 saturated heterocycles. The predicted molar refractivity (Wildman–Crippen MR) is 111 cm³/mol. The first-order chi connectivity index (χ1) is 13.4. The summed E-state index contributed by atoms with van der Waals surface area (Å²) in [4.78, 5) is 4.53. The Morgan fingerprint density at radius 2 is 1.68 bits per heavy atom. The molecular formula is C21H25N5O2. The number of anilines is 4. The van der Waals surface area contributed by atoms with Gasteiger partial charge in [-0.05, 0) is 29.2 Å². The molecule has 0 bridgehead atoms. The second-order valence-corrected chi connectivity index (χ2v) is 7.28. The zero-order valence-electron chi connectivity index (χ0n) is 16.8. The summed E-state index contributed by atoms with van der Waals surface area (Å²) >= 11 is 0. The molecule has 7 nitrogen and oxygen atoms in total. The van der Waals surface area contributed by atoms with E-state index >= 15 is 0 Å². The van der Waals surface area contributed by atoms with Gasteiger partial charge < -0.3 is 20.1 Å². The molecule has 1 heterocycles. The fourth-order valence-electron chi connectivity index (χ4n) is 2.83. The normalized spacial score (nSPS) is 11.0. The molecule has 0 unspecified atom stereocenters. The maximum absolute atomic E-state index is 5.39. The quantitative estimate of drug-likeness (QED) is 0.644. The average molecular weight is 379 g/mol. The first kappa shape index (κ1) is 19.4. The zero-order chi connectivity index (χ0) is 20.1. The third-order valence-corrected chi connectivity index (χ3v) is 4.21. The molecule has 146 valence electrons. The number of aromatic nitrogens is 3. The van der Waals surface area contributed by atoms with Gasteiger partial charge >= 0.3 is 0 Å². The molecular weight excluding hydrogens is 354 g/mol. The van der Waals surface area contributed by atoms with E-state index in [1.165, 1.54) is 5.56 Å². The molecule has 3 aromatic rings. The molecule has 0 atom stereocenters. The number of benzene rings is 2. The maximum atomic E-state index is 5.39. The molecule has 0 saturated carbocycles. The van der Waals surface area contributed by atoms with Crippen LogP contribution in [0.15, 0.2) is 48.7 Å². The predicted octanol–water partition coefficient (Wildman–Crippen LogP) is 4.67. The Balaban J connectivity index is 1.87. The van der Waals surface area contributed by atoms with Crippen LogP contribution in [-0.2, 0) is 5.41 Å². The van der Waals surface area contributed by atoms with Gasteiger partial charge in [0, 0.05) is 11.8 Å². The molecule has 3 rings (SSSR count). The van der Waals surface area contributed by atoms with Gasteiger partial charge in [0.25, 0.3) is 0 Å². The molecule has 0 fully saturated rings. The lowest BCUT2D eigenvalue weighted by molar-refractivity contribution is 0.405. The molecule has 0 radical (unpaired) electrons. The van der Waals surface area contributed by atoms with Gasteiger partial charge in [0.2, 0.25) is 5.95 Å². The van der Waals surface area contributed by atoms with E-state index in [0.29, 0.717) is 29.0 Å². The van der Waals surface area contributed by atoms with Crippen molar-refractivity contribution in [2.75, 3.05) is 24.9 Å². The van der Waals surface area contributed by atoms with Crippen molar-refractivity contribution in [1.29, 1.82) is 0 Å². The highest BCUT2D eigenvalue weighted by molar-refractivity contribution is 5.66. The SMILES string of the molecule is COc1ccc(OC)c(Nc2nncc(Nc3ccccc3C(C)(C)C)n2)c1. The van der Waals surface area contributed by atoms with E-state index in [4.69, 9.17) is 9.47 Å². The highest BCUT2D eigenvalue weighted by atomic mass is 16.5. The number of hydrogen-bond acceptors (Lipinski definition) is 7. The van der Waals surface area contributed by atoms with Crippen molar-refractivity contribution >= 4 is 23.1 Å². The fourth-order valence-corrected chi connectivity index (χ4v) is 2.83. The summed E-state index contributed by atoms with van der Waals surface area (Å²) in [6, 6.07) is 13.6. The standard InChI is InChI=1S/C21H25N5O2/c1-21(2,3)15-8-6-7-9-16(15)23-19-13-22-26-20(25-19)24-17-12-14(27-4)10-11-18(17)28-5/h6-13H,1-5H3,(H2,23,24,25,26). The summed E-state index contributed by atoms with van der Waals surface area (Å²) in [5, 5.41) is 14.6. The molecule has 0 spiro atoms. The second kappa shape index (κ2) is 8.12. The number of ether oxygens (including phenoxy) is 2. The van der Waals surface area contributed by atoms with Crippen LogP contribution in [-0.4, -0.2) is 29.4 Å². The molecule has 1 aromatic heterocycles. The number of nitrogens with one attached hydrogen (secondary N) is 2. The number of nitrogens with zero attached hydrogens (tertiary/aromatic N) is 3. The smallest absolute Gasteiger partial charge is 0.249 e. The lowest BCUT2D eigenvalue weighted by Gasteiger charge is -2.23. The molecule has 7 heteroatoms. The van der Waals surface area contributed by atoms with Gasteiger partial charge in [-0.2, -0.15) is 10.1 Å². The zero-order valence-corrected chi connectivity index (χ0v) is 16.8. The molecule has 0 aliphatic rings. The summed E-state index contributed by atoms with van der Waals surface area (Å²) < 4.78 is 10.7. The Labute approximate surface area is 165 Å². The van der Waals surface area contributed by atoms with Crippen molar-refractivity contribution in [2.24, 2.45) is 0 Å². The van der Waals surface area contributed by atoms with Crippen LogP contribution >= 0.6 is 0 Å². The second-order valence-electron chi connectivity index (χ2n) is 7.28. The van der Waals surface area contributed by atoms with Crippen molar-refractivity contribution in [3.05, 3.63) is 54.2 Å². The molecule has 2 N–H and O–H groups in total. The van der Waals surface area contributed by atoms with E-state index < -0.39 is 0 Å². The van der Waals surface area contributed by atoms with Crippen LogP contribution in [0.5, 0.6) is 11.5 Å². The van der Waals surface area contributed by atoms with Crippen molar-refractivity contribution in [3.8, 4) is 11.5 Å². The highest BCUT2D eigenvalue weighted by Gasteiger charge is 2.18.